The third kappa shape index (κ3) is 4.55. The number of Topliss-reactive ketones (excluding diaryl/α,β-unsaturated/α-hetero) is 1. The minimum absolute atomic E-state index is 0.153. The van der Waals surface area contributed by atoms with E-state index in [-0.39, 0.29) is 22.1 Å². The molecule has 2 N–H and O–H groups in total. The number of ether oxygens (including phenoxy) is 3. The number of benzene rings is 3. The van der Waals surface area contributed by atoms with Crippen LogP contribution in [0.25, 0.3) is 16.8 Å². The Labute approximate surface area is 229 Å². The fourth-order valence-electron chi connectivity index (χ4n) is 4.70. The second-order valence-corrected chi connectivity index (χ2v) is 9.35. The number of aryl methyl sites for hydroxylation is 1. The Hall–Kier alpha value is -4.50. The average molecular weight is 548 g/mol. The lowest BCUT2D eigenvalue weighted by Gasteiger charge is -2.24. The Balaban J connectivity index is 1.76. The fourth-order valence-corrected chi connectivity index (χ4v) is 4.91. The molecule has 4 aromatic rings. The topological polar surface area (TPSA) is 114 Å². The highest BCUT2D eigenvalue weighted by Gasteiger charge is 2.48. The molecule has 0 saturated carbocycles. The van der Waals surface area contributed by atoms with E-state index in [1.165, 1.54) is 25.2 Å². The number of aliphatic hydroxyl groups excluding tert-OH is 1. The van der Waals surface area contributed by atoms with Gasteiger partial charge in [0.2, 0.25) is 5.95 Å². The molecule has 0 spiro atoms. The molecule has 1 aromatic heterocycles. The van der Waals surface area contributed by atoms with E-state index in [2.05, 4.69) is 9.97 Å². The zero-order valence-electron chi connectivity index (χ0n) is 21.7. The number of rotatable bonds is 7. The number of hydrogen-bond acceptors (Lipinski definition) is 7. The first-order valence-electron chi connectivity index (χ1n) is 12.2. The fraction of sp³-hybridized carbons (Fsp3) is 0.207. The molecule has 0 bridgehead atoms. The van der Waals surface area contributed by atoms with Gasteiger partial charge in [-0.3, -0.25) is 14.5 Å². The van der Waals surface area contributed by atoms with Crippen molar-refractivity contribution in [1.29, 1.82) is 0 Å². The highest BCUT2D eigenvalue weighted by Crippen LogP contribution is 2.44. The maximum Gasteiger partial charge on any atom is 0.302 e. The first-order valence-corrected chi connectivity index (χ1v) is 12.6. The third-order valence-electron chi connectivity index (χ3n) is 6.52. The Morgan fingerprint density at radius 3 is 2.54 bits per heavy atom. The first-order chi connectivity index (χ1) is 18.8. The van der Waals surface area contributed by atoms with Crippen LogP contribution in [0.2, 0.25) is 5.02 Å². The van der Waals surface area contributed by atoms with Crippen molar-refractivity contribution in [2.75, 3.05) is 25.7 Å². The second-order valence-electron chi connectivity index (χ2n) is 8.94. The predicted molar refractivity (Wildman–Crippen MR) is 148 cm³/mol. The quantitative estimate of drug-likeness (QED) is 0.177. The van der Waals surface area contributed by atoms with Gasteiger partial charge in [-0.2, -0.15) is 0 Å². The molecular weight excluding hydrogens is 522 g/mol. The number of fused-ring (bicyclic) bond motifs is 1. The van der Waals surface area contributed by atoms with Gasteiger partial charge in [0, 0.05) is 5.56 Å². The van der Waals surface area contributed by atoms with Crippen LogP contribution in [0, 0.1) is 6.92 Å². The number of carbonyl (C=O) groups excluding carboxylic acids is 2. The maximum absolute atomic E-state index is 13.6. The molecule has 9 nitrogen and oxygen atoms in total. The summed E-state index contributed by atoms with van der Waals surface area (Å²) in [6.45, 7) is 4.16. The molecule has 0 aliphatic carbocycles. The zero-order chi connectivity index (χ0) is 27.8. The van der Waals surface area contributed by atoms with Crippen molar-refractivity contribution in [2.24, 2.45) is 0 Å². The minimum atomic E-state index is -1.06. The summed E-state index contributed by atoms with van der Waals surface area (Å²) < 4.78 is 16.4. The van der Waals surface area contributed by atoms with Crippen molar-refractivity contribution >= 4 is 46.0 Å². The van der Waals surface area contributed by atoms with Crippen LogP contribution in [0.4, 0.5) is 5.95 Å². The van der Waals surface area contributed by atoms with Gasteiger partial charge in [0.1, 0.15) is 11.5 Å². The summed E-state index contributed by atoms with van der Waals surface area (Å²) in [6.07, 6.45) is 0. The van der Waals surface area contributed by atoms with Gasteiger partial charge in [0.05, 0.1) is 48.5 Å². The van der Waals surface area contributed by atoms with Crippen molar-refractivity contribution in [1.82, 2.24) is 9.97 Å². The minimum Gasteiger partial charge on any atom is -0.507 e. The molecule has 1 amide bonds. The molecule has 3 aromatic carbocycles. The standard InChI is InChI=1S/C29H26ClN3O6/c1-5-39-17-8-9-19(30)18(14-17)26(34)24-25(16-7-11-22(37-3)23(13-16)38-4)33(28(36)27(24)35)29-31-20-10-6-15(2)12-21(20)32-29/h6-14,25,34H,5H2,1-4H3,(H,31,32)/b26-24+. The molecule has 1 unspecified atom stereocenters. The largest absolute Gasteiger partial charge is 0.507 e. The number of aromatic nitrogens is 2. The van der Waals surface area contributed by atoms with Crippen molar-refractivity contribution in [3.8, 4) is 17.2 Å². The Morgan fingerprint density at radius 2 is 1.82 bits per heavy atom. The van der Waals surface area contributed by atoms with Gasteiger partial charge in [-0.15, -0.1) is 0 Å². The van der Waals surface area contributed by atoms with Crippen molar-refractivity contribution in [2.45, 2.75) is 19.9 Å². The number of anilines is 1. The second kappa shape index (κ2) is 10.3. The van der Waals surface area contributed by atoms with Crippen LogP contribution in [-0.2, 0) is 9.59 Å². The Kier molecular flexibility index (Phi) is 6.93. The molecule has 1 saturated heterocycles. The number of halogens is 1. The number of ketones is 1. The van der Waals surface area contributed by atoms with Crippen LogP contribution in [0.15, 0.2) is 60.2 Å². The highest BCUT2D eigenvalue weighted by atomic mass is 35.5. The zero-order valence-corrected chi connectivity index (χ0v) is 22.5. The summed E-state index contributed by atoms with van der Waals surface area (Å²) in [5.41, 5.74) is 2.81. The summed E-state index contributed by atoms with van der Waals surface area (Å²) in [5.74, 6) is -0.721. The van der Waals surface area contributed by atoms with Crippen LogP contribution in [-0.4, -0.2) is 47.6 Å². The van der Waals surface area contributed by atoms with Gasteiger partial charge < -0.3 is 24.3 Å². The number of imidazole rings is 1. The molecule has 1 atom stereocenters. The van der Waals surface area contributed by atoms with E-state index in [0.29, 0.717) is 40.5 Å². The van der Waals surface area contributed by atoms with Gasteiger partial charge in [0.15, 0.2) is 11.5 Å². The van der Waals surface area contributed by atoms with E-state index in [1.54, 1.807) is 30.3 Å². The lowest BCUT2D eigenvalue weighted by atomic mass is 9.95. The van der Waals surface area contributed by atoms with Gasteiger partial charge in [-0.05, 0) is 67.4 Å². The van der Waals surface area contributed by atoms with E-state index in [4.69, 9.17) is 25.8 Å². The smallest absolute Gasteiger partial charge is 0.302 e. The summed E-state index contributed by atoms with van der Waals surface area (Å²) >= 11 is 6.44. The normalized spacial score (nSPS) is 16.6. The number of hydrogen-bond donors (Lipinski definition) is 2. The van der Waals surface area contributed by atoms with Crippen LogP contribution >= 0.6 is 11.6 Å². The molecule has 0 radical (unpaired) electrons. The molecule has 1 fully saturated rings. The van der Waals surface area contributed by atoms with E-state index >= 15 is 0 Å². The number of aliphatic hydroxyl groups is 1. The number of H-pyrrole nitrogens is 1. The van der Waals surface area contributed by atoms with E-state index in [0.717, 1.165) is 5.56 Å². The van der Waals surface area contributed by atoms with E-state index in [1.807, 2.05) is 32.0 Å². The predicted octanol–water partition coefficient (Wildman–Crippen LogP) is 5.57. The van der Waals surface area contributed by atoms with Crippen LogP contribution in [0.5, 0.6) is 17.2 Å². The van der Waals surface area contributed by atoms with Gasteiger partial charge in [-0.25, -0.2) is 4.98 Å². The molecule has 39 heavy (non-hydrogen) atoms. The number of amides is 1. The van der Waals surface area contributed by atoms with Gasteiger partial charge in [-0.1, -0.05) is 23.7 Å². The van der Waals surface area contributed by atoms with Crippen molar-refractivity contribution < 1.29 is 28.9 Å². The number of aromatic amines is 1. The van der Waals surface area contributed by atoms with Crippen LogP contribution in [0.3, 0.4) is 0 Å². The van der Waals surface area contributed by atoms with Crippen LogP contribution in [0.1, 0.15) is 29.7 Å². The Bertz CT molecular complexity index is 1640. The molecule has 10 heteroatoms. The molecular formula is C29H26ClN3O6. The molecule has 1 aliphatic rings. The van der Waals surface area contributed by atoms with Gasteiger partial charge in [0.25, 0.3) is 5.78 Å². The summed E-state index contributed by atoms with van der Waals surface area (Å²) in [5, 5.41) is 11.7. The van der Waals surface area contributed by atoms with Crippen LogP contribution < -0.4 is 19.1 Å². The summed E-state index contributed by atoms with van der Waals surface area (Å²) in [4.78, 5) is 36.1. The number of nitrogens with zero attached hydrogens (tertiary/aromatic N) is 2. The third-order valence-corrected chi connectivity index (χ3v) is 6.85. The SMILES string of the molecule is CCOc1ccc(Cl)c(/C(O)=C2\C(=O)C(=O)N(c3nc4ccc(C)cc4[nH]3)C2c2ccc(OC)c(OC)c2)c1. The highest BCUT2D eigenvalue weighted by molar-refractivity contribution is 6.51. The molecule has 1 aliphatic heterocycles. The molecule has 2 heterocycles. The molecule has 200 valence electrons. The number of nitrogens with one attached hydrogen (secondary N) is 1. The molecule has 5 rings (SSSR count). The maximum atomic E-state index is 13.6. The Morgan fingerprint density at radius 1 is 1.05 bits per heavy atom. The van der Waals surface area contributed by atoms with E-state index in [9.17, 15) is 14.7 Å². The van der Waals surface area contributed by atoms with Crippen molar-refractivity contribution in [3.63, 3.8) is 0 Å². The summed E-state index contributed by atoms with van der Waals surface area (Å²) in [6, 6.07) is 14.3. The lowest BCUT2D eigenvalue weighted by Crippen LogP contribution is -2.30. The van der Waals surface area contributed by atoms with Crippen molar-refractivity contribution in [3.05, 3.63) is 81.9 Å². The number of methoxy groups -OCH3 is 2. The summed E-state index contributed by atoms with van der Waals surface area (Å²) in [7, 11) is 2.99. The number of carbonyl (C=O) groups is 2. The van der Waals surface area contributed by atoms with E-state index < -0.39 is 23.5 Å². The lowest BCUT2D eigenvalue weighted by molar-refractivity contribution is -0.132. The first kappa shape index (κ1) is 26.1. The van der Waals surface area contributed by atoms with Gasteiger partial charge >= 0.3 is 5.91 Å². The monoisotopic (exact) mass is 547 g/mol. The average Bonchev–Trinajstić information content (AvgIpc) is 3.46.